The van der Waals surface area contributed by atoms with Gasteiger partial charge in [0.25, 0.3) is 0 Å². The topological polar surface area (TPSA) is 0 Å². The molecule has 0 aromatic heterocycles. The van der Waals surface area contributed by atoms with E-state index < -0.39 is 0 Å². The molecule has 1 unspecified atom stereocenters. The zero-order valence-corrected chi connectivity index (χ0v) is 10.5. The second-order valence-electron chi connectivity index (χ2n) is 5.92. The summed E-state index contributed by atoms with van der Waals surface area (Å²) < 4.78 is 0. The first kappa shape index (κ1) is 11.0. The Labute approximate surface area is 94.5 Å². The molecule has 0 saturated heterocycles. The summed E-state index contributed by atoms with van der Waals surface area (Å²) in [5.41, 5.74) is 3.61. The summed E-state index contributed by atoms with van der Waals surface area (Å²) in [6.45, 7) is 11.3. The third-order valence-corrected chi connectivity index (χ3v) is 4.92. The normalized spacial score (nSPS) is 40.6. The fourth-order valence-corrected chi connectivity index (χ4v) is 3.44. The van der Waals surface area contributed by atoms with Crippen molar-refractivity contribution in [1.82, 2.24) is 0 Å². The highest BCUT2D eigenvalue weighted by atomic mass is 14.5. The van der Waals surface area contributed by atoms with E-state index in [0.29, 0.717) is 5.41 Å². The molecular weight excluding hydrogens is 180 g/mol. The average Bonchev–Trinajstić information content (AvgIpc) is 2.19. The zero-order valence-electron chi connectivity index (χ0n) is 10.5. The van der Waals surface area contributed by atoms with Crippen molar-refractivity contribution in [1.29, 1.82) is 0 Å². The molecule has 2 rings (SSSR count). The lowest BCUT2D eigenvalue weighted by Crippen LogP contribution is -2.36. The molecule has 2 aliphatic carbocycles. The fraction of sp³-hybridized carbons (Fsp3) is 0.733. The number of hydrogen-bond donors (Lipinski definition) is 0. The molecule has 15 heavy (non-hydrogen) atoms. The summed E-state index contributed by atoms with van der Waals surface area (Å²) in [7, 11) is 0. The Morgan fingerprint density at radius 2 is 2.27 bits per heavy atom. The van der Waals surface area contributed by atoms with E-state index in [1.165, 1.54) is 37.7 Å². The van der Waals surface area contributed by atoms with Gasteiger partial charge in [-0.05, 0) is 56.3 Å². The zero-order chi connectivity index (χ0) is 11.1. The minimum Gasteiger partial charge on any atom is -0.0998 e. The van der Waals surface area contributed by atoms with E-state index in [1.807, 2.05) is 0 Å². The summed E-state index contributed by atoms with van der Waals surface area (Å²) in [4.78, 5) is 0. The van der Waals surface area contributed by atoms with Crippen LogP contribution in [-0.4, -0.2) is 0 Å². The minimum atomic E-state index is 0.486. The molecule has 0 N–H and O–H groups in total. The van der Waals surface area contributed by atoms with Crippen LogP contribution >= 0.6 is 0 Å². The smallest absolute Gasteiger partial charge is 0.00850 e. The van der Waals surface area contributed by atoms with Crippen LogP contribution in [0.1, 0.15) is 52.9 Å². The highest BCUT2D eigenvalue weighted by Crippen LogP contribution is 2.52. The van der Waals surface area contributed by atoms with Gasteiger partial charge in [-0.3, -0.25) is 0 Å². The van der Waals surface area contributed by atoms with Crippen molar-refractivity contribution in [3.63, 3.8) is 0 Å². The Morgan fingerprint density at radius 1 is 1.53 bits per heavy atom. The number of rotatable bonds is 1. The molecule has 0 nitrogen and oxygen atoms in total. The van der Waals surface area contributed by atoms with E-state index in [2.05, 4.69) is 33.4 Å². The van der Waals surface area contributed by atoms with Crippen molar-refractivity contribution < 1.29 is 0 Å². The first-order chi connectivity index (χ1) is 7.04. The Balaban J connectivity index is 2.26. The van der Waals surface area contributed by atoms with Crippen molar-refractivity contribution in [2.75, 3.05) is 0 Å². The molecule has 0 amide bonds. The predicted octanol–water partition coefficient (Wildman–Crippen LogP) is 4.73. The number of allylic oxidation sites excluding steroid dienone is 3. The van der Waals surface area contributed by atoms with Gasteiger partial charge in [0.1, 0.15) is 0 Å². The Morgan fingerprint density at radius 3 is 2.93 bits per heavy atom. The van der Waals surface area contributed by atoms with Gasteiger partial charge in [0.2, 0.25) is 0 Å². The predicted molar refractivity (Wildman–Crippen MR) is 66.7 cm³/mol. The fourth-order valence-electron chi connectivity index (χ4n) is 3.44. The highest BCUT2D eigenvalue weighted by Gasteiger charge is 2.41. The van der Waals surface area contributed by atoms with Crippen LogP contribution in [-0.2, 0) is 0 Å². The maximum atomic E-state index is 4.14. The van der Waals surface area contributed by atoms with Gasteiger partial charge < -0.3 is 0 Å². The van der Waals surface area contributed by atoms with E-state index in [4.69, 9.17) is 0 Å². The maximum Gasteiger partial charge on any atom is -0.00850 e. The van der Waals surface area contributed by atoms with E-state index in [-0.39, 0.29) is 0 Å². The van der Waals surface area contributed by atoms with Gasteiger partial charge in [-0.15, -0.1) is 0 Å². The van der Waals surface area contributed by atoms with Crippen molar-refractivity contribution in [2.45, 2.75) is 52.9 Å². The number of fused-ring (bicyclic) bond motifs is 1. The molecule has 1 saturated carbocycles. The molecule has 0 aromatic rings. The molecule has 0 aromatic carbocycles. The lowest BCUT2D eigenvalue weighted by atomic mass is 9.58. The van der Waals surface area contributed by atoms with Crippen LogP contribution in [0.4, 0.5) is 0 Å². The number of hydrogen-bond acceptors (Lipinski definition) is 0. The van der Waals surface area contributed by atoms with Crippen LogP contribution < -0.4 is 0 Å². The van der Waals surface area contributed by atoms with Crippen LogP contribution in [0.2, 0.25) is 0 Å². The summed E-state index contributed by atoms with van der Waals surface area (Å²) in [5.74, 6) is 1.60. The summed E-state index contributed by atoms with van der Waals surface area (Å²) >= 11 is 0. The summed E-state index contributed by atoms with van der Waals surface area (Å²) in [6.07, 6.45) is 9.28. The van der Waals surface area contributed by atoms with Gasteiger partial charge in [-0.25, -0.2) is 0 Å². The van der Waals surface area contributed by atoms with Gasteiger partial charge in [-0.2, -0.15) is 0 Å². The lowest BCUT2D eigenvalue weighted by molar-refractivity contribution is 0.152. The monoisotopic (exact) mass is 204 g/mol. The molecule has 0 radical (unpaired) electrons. The second kappa shape index (κ2) is 3.81. The standard InChI is InChI=1S/C15H24/c1-11(2)13-8-9-14-7-5-6-12(3)15(14,4)10-13/h9,12-13H,1,5-8,10H2,2-4H3/t12?,13-,15-/m1/s1. The first-order valence-corrected chi connectivity index (χ1v) is 6.39. The van der Waals surface area contributed by atoms with Gasteiger partial charge in [-0.1, -0.05) is 37.6 Å². The Kier molecular flexibility index (Phi) is 2.79. The summed E-state index contributed by atoms with van der Waals surface area (Å²) in [5, 5.41) is 0. The van der Waals surface area contributed by atoms with E-state index >= 15 is 0 Å². The molecule has 2 aliphatic rings. The van der Waals surface area contributed by atoms with Gasteiger partial charge in [0.05, 0.1) is 0 Å². The Bertz CT molecular complexity index is 297. The molecule has 1 fully saturated rings. The van der Waals surface area contributed by atoms with Crippen molar-refractivity contribution in [2.24, 2.45) is 17.3 Å². The third kappa shape index (κ3) is 1.79. The van der Waals surface area contributed by atoms with Crippen LogP contribution in [0.5, 0.6) is 0 Å². The van der Waals surface area contributed by atoms with Crippen LogP contribution in [0.15, 0.2) is 23.8 Å². The highest BCUT2D eigenvalue weighted by molar-refractivity contribution is 5.23. The van der Waals surface area contributed by atoms with Crippen LogP contribution in [0.25, 0.3) is 0 Å². The summed E-state index contributed by atoms with van der Waals surface area (Å²) in [6, 6.07) is 0. The average molecular weight is 204 g/mol. The molecular formula is C15H24. The van der Waals surface area contributed by atoms with Crippen LogP contribution in [0, 0.1) is 17.3 Å². The largest absolute Gasteiger partial charge is 0.0998 e. The van der Waals surface area contributed by atoms with E-state index in [1.54, 1.807) is 5.57 Å². The minimum absolute atomic E-state index is 0.486. The lowest BCUT2D eigenvalue weighted by Gasteiger charge is -2.47. The second-order valence-corrected chi connectivity index (χ2v) is 5.92. The molecule has 0 spiro atoms. The van der Waals surface area contributed by atoms with Crippen molar-refractivity contribution >= 4 is 0 Å². The molecule has 3 atom stereocenters. The Hall–Kier alpha value is -0.520. The SMILES string of the molecule is C=C(C)[C@@H]1CC=C2CCCC(C)[C@@]2(C)C1. The van der Waals surface area contributed by atoms with Gasteiger partial charge in [0.15, 0.2) is 0 Å². The van der Waals surface area contributed by atoms with Gasteiger partial charge in [0, 0.05) is 0 Å². The van der Waals surface area contributed by atoms with Crippen LogP contribution in [0.3, 0.4) is 0 Å². The first-order valence-electron chi connectivity index (χ1n) is 6.39. The molecule has 0 heterocycles. The van der Waals surface area contributed by atoms with Crippen molar-refractivity contribution in [3.05, 3.63) is 23.8 Å². The quantitative estimate of drug-likeness (QED) is 0.542. The molecule has 0 aliphatic heterocycles. The third-order valence-electron chi connectivity index (χ3n) is 4.92. The van der Waals surface area contributed by atoms with Gasteiger partial charge >= 0.3 is 0 Å². The van der Waals surface area contributed by atoms with E-state index in [9.17, 15) is 0 Å². The maximum absolute atomic E-state index is 4.14. The molecule has 0 heteroatoms. The molecule has 84 valence electrons. The van der Waals surface area contributed by atoms with Crippen molar-refractivity contribution in [3.8, 4) is 0 Å². The van der Waals surface area contributed by atoms with E-state index in [0.717, 1.165) is 11.8 Å². The molecule has 0 bridgehead atoms.